The number of nitrogens with zero attached hydrogens (tertiary/aromatic N) is 2. The molecule has 1 aliphatic heterocycles. The molecule has 0 saturated carbocycles. The van der Waals surface area contributed by atoms with Crippen molar-refractivity contribution in [3.05, 3.63) is 77.6 Å². The van der Waals surface area contributed by atoms with E-state index >= 15 is 0 Å². The van der Waals surface area contributed by atoms with E-state index in [4.69, 9.17) is 0 Å². The van der Waals surface area contributed by atoms with Crippen molar-refractivity contribution >= 4 is 34.2 Å². The number of hydrogen-bond acceptors (Lipinski definition) is 3. The average Bonchev–Trinajstić information content (AvgIpc) is 3.15. The predicted octanol–water partition coefficient (Wildman–Crippen LogP) is 5.05. The van der Waals surface area contributed by atoms with Gasteiger partial charge in [-0.05, 0) is 50.3 Å². The molecule has 0 aromatic heterocycles. The molecule has 3 aromatic rings. The Hall–Kier alpha value is -3.74. The molecular formula is C29H32FN3O3. The minimum absolute atomic E-state index is 0.00596. The molecule has 36 heavy (non-hydrogen) atoms. The molecule has 1 heterocycles. The Morgan fingerprint density at radius 1 is 1.03 bits per heavy atom. The Kier molecular flexibility index (Phi) is 7.67. The number of carbonyl (C=O) groups excluding carboxylic acids is 3. The molecular weight excluding hydrogens is 457 g/mol. The van der Waals surface area contributed by atoms with E-state index in [-0.39, 0.29) is 36.7 Å². The molecule has 3 amide bonds. The summed E-state index contributed by atoms with van der Waals surface area (Å²) in [4.78, 5) is 42.4. The fraction of sp³-hybridized carbons (Fsp3) is 0.345. The maximum absolute atomic E-state index is 14.4. The van der Waals surface area contributed by atoms with E-state index in [1.165, 1.54) is 11.0 Å². The molecule has 0 aliphatic carbocycles. The van der Waals surface area contributed by atoms with E-state index < -0.39 is 11.9 Å². The summed E-state index contributed by atoms with van der Waals surface area (Å²) in [5.74, 6) is -1.02. The summed E-state index contributed by atoms with van der Waals surface area (Å²) >= 11 is 0. The van der Waals surface area contributed by atoms with E-state index in [1.54, 1.807) is 30.0 Å². The summed E-state index contributed by atoms with van der Waals surface area (Å²) in [5, 5.41) is 4.86. The van der Waals surface area contributed by atoms with Gasteiger partial charge in [0, 0.05) is 42.1 Å². The summed E-state index contributed by atoms with van der Waals surface area (Å²) < 4.78 is 14.4. The highest BCUT2D eigenvalue weighted by Crippen LogP contribution is 2.37. The van der Waals surface area contributed by atoms with Gasteiger partial charge in [0.15, 0.2) is 0 Å². The van der Waals surface area contributed by atoms with Crippen LogP contribution in [0.25, 0.3) is 10.8 Å². The molecule has 4 rings (SSSR count). The number of halogens is 1. The van der Waals surface area contributed by atoms with Crippen LogP contribution < -0.4 is 10.2 Å². The maximum atomic E-state index is 14.4. The lowest BCUT2D eigenvalue weighted by molar-refractivity contribution is -0.141. The molecule has 0 radical (unpaired) electrons. The van der Waals surface area contributed by atoms with Gasteiger partial charge in [0.05, 0.1) is 5.69 Å². The molecule has 0 bridgehead atoms. The highest BCUT2D eigenvalue weighted by atomic mass is 19.1. The van der Waals surface area contributed by atoms with Gasteiger partial charge in [-0.2, -0.15) is 0 Å². The van der Waals surface area contributed by atoms with Crippen LogP contribution in [-0.2, 0) is 16.1 Å². The van der Waals surface area contributed by atoms with Crippen LogP contribution in [0.3, 0.4) is 0 Å². The van der Waals surface area contributed by atoms with Crippen molar-refractivity contribution in [3.63, 3.8) is 0 Å². The molecule has 2 unspecified atom stereocenters. The van der Waals surface area contributed by atoms with Gasteiger partial charge < -0.3 is 15.1 Å². The van der Waals surface area contributed by atoms with Crippen molar-refractivity contribution in [2.24, 2.45) is 0 Å². The van der Waals surface area contributed by atoms with Crippen LogP contribution >= 0.6 is 0 Å². The second-order valence-electron chi connectivity index (χ2n) is 9.35. The quantitative estimate of drug-likeness (QED) is 0.433. The van der Waals surface area contributed by atoms with Crippen LogP contribution in [-0.4, -0.2) is 41.2 Å². The van der Waals surface area contributed by atoms with Gasteiger partial charge in [-0.1, -0.05) is 49.4 Å². The average molecular weight is 490 g/mol. The molecule has 2 atom stereocenters. The Balaban J connectivity index is 1.47. The van der Waals surface area contributed by atoms with Crippen LogP contribution in [0.1, 0.15) is 56.0 Å². The first-order valence-electron chi connectivity index (χ1n) is 12.5. The van der Waals surface area contributed by atoms with Crippen LogP contribution in [0, 0.1) is 5.82 Å². The van der Waals surface area contributed by atoms with Crippen molar-refractivity contribution in [1.29, 1.82) is 0 Å². The lowest BCUT2D eigenvalue weighted by Crippen LogP contribution is -2.49. The first kappa shape index (κ1) is 25.4. The highest BCUT2D eigenvalue weighted by Gasteiger charge is 2.30. The number of amides is 3. The Labute approximate surface area is 211 Å². The monoisotopic (exact) mass is 489 g/mol. The SMILES string of the molecule is CCC(C)NC(=O)C(C)N(Cc1ccccc1F)C(=O)CCCN1C(=O)c2cccc3cccc1c23. The molecule has 7 heteroatoms. The first-order chi connectivity index (χ1) is 17.3. The minimum atomic E-state index is -0.766. The summed E-state index contributed by atoms with van der Waals surface area (Å²) in [7, 11) is 0. The van der Waals surface area contributed by atoms with E-state index in [1.807, 2.05) is 50.2 Å². The molecule has 3 aromatic carbocycles. The van der Waals surface area contributed by atoms with Gasteiger partial charge >= 0.3 is 0 Å². The van der Waals surface area contributed by atoms with Crippen LogP contribution in [0.5, 0.6) is 0 Å². The van der Waals surface area contributed by atoms with Crippen molar-refractivity contribution in [1.82, 2.24) is 10.2 Å². The van der Waals surface area contributed by atoms with Gasteiger partial charge in [0.25, 0.3) is 5.91 Å². The molecule has 188 valence electrons. The van der Waals surface area contributed by atoms with Crippen molar-refractivity contribution in [2.45, 2.75) is 58.7 Å². The minimum Gasteiger partial charge on any atom is -0.352 e. The van der Waals surface area contributed by atoms with Crippen molar-refractivity contribution in [3.8, 4) is 0 Å². The van der Waals surface area contributed by atoms with Gasteiger partial charge in [0.2, 0.25) is 11.8 Å². The molecule has 1 N–H and O–H groups in total. The molecule has 0 fully saturated rings. The standard InChI is InChI=1S/C29H32FN3O3/c1-4-19(2)31-28(35)20(3)33(18-22-10-5-6-14-24(22)30)26(34)16-9-17-32-25-15-8-12-21-11-7-13-23(27(21)25)29(32)36/h5-8,10-15,19-20H,4,9,16-18H2,1-3H3,(H,31,35). The third kappa shape index (κ3) is 5.10. The number of carbonyl (C=O) groups is 3. The van der Waals surface area contributed by atoms with Crippen LogP contribution in [0.15, 0.2) is 60.7 Å². The highest BCUT2D eigenvalue weighted by molar-refractivity contribution is 6.25. The molecule has 6 nitrogen and oxygen atoms in total. The van der Waals surface area contributed by atoms with Crippen LogP contribution in [0.4, 0.5) is 10.1 Å². The van der Waals surface area contributed by atoms with E-state index in [2.05, 4.69) is 5.32 Å². The Morgan fingerprint density at radius 2 is 1.75 bits per heavy atom. The number of benzene rings is 3. The molecule has 0 saturated heterocycles. The number of nitrogens with one attached hydrogen (secondary N) is 1. The van der Waals surface area contributed by atoms with Gasteiger partial charge in [-0.3, -0.25) is 14.4 Å². The normalized spacial score (nSPS) is 14.1. The van der Waals surface area contributed by atoms with Crippen molar-refractivity contribution < 1.29 is 18.8 Å². The maximum Gasteiger partial charge on any atom is 0.258 e. The zero-order valence-corrected chi connectivity index (χ0v) is 21.0. The molecule has 0 spiro atoms. The third-order valence-corrected chi connectivity index (χ3v) is 6.89. The van der Waals surface area contributed by atoms with E-state index in [0.29, 0.717) is 24.1 Å². The first-order valence-corrected chi connectivity index (χ1v) is 12.5. The summed E-state index contributed by atoms with van der Waals surface area (Å²) in [5.41, 5.74) is 1.88. The second-order valence-corrected chi connectivity index (χ2v) is 9.35. The summed E-state index contributed by atoms with van der Waals surface area (Å²) in [6.45, 7) is 5.90. The van der Waals surface area contributed by atoms with E-state index in [9.17, 15) is 18.8 Å². The lowest BCUT2D eigenvalue weighted by atomic mass is 10.1. The van der Waals surface area contributed by atoms with Gasteiger partial charge in [-0.15, -0.1) is 0 Å². The zero-order valence-electron chi connectivity index (χ0n) is 21.0. The topological polar surface area (TPSA) is 69.7 Å². The molecule has 1 aliphatic rings. The van der Waals surface area contributed by atoms with E-state index in [0.717, 1.165) is 22.9 Å². The lowest BCUT2D eigenvalue weighted by Gasteiger charge is -2.30. The Morgan fingerprint density at radius 3 is 2.47 bits per heavy atom. The number of hydrogen-bond donors (Lipinski definition) is 1. The predicted molar refractivity (Wildman–Crippen MR) is 139 cm³/mol. The summed E-state index contributed by atoms with van der Waals surface area (Å²) in [6, 6.07) is 17.0. The second kappa shape index (κ2) is 10.9. The zero-order chi connectivity index (χ0) is 25.8. The van der Waals surface area contributed by atoms with Gasteiger partial charge in [0.1, 0.15) is 11.9 Å². The third-order valence-electron chi connectivity index (χ3n) is 6.89. The number of rotatable bonds is 10. The summed E-state index contributed by atoms with van der Waals surface area (Å²) in [6.07, 6.45) is 1.31. The van der Waals surface area contributed by atoms with Crippen molar-refractivity contribution in [2.75, 3.05) is 11.4 Å². The number of anilines is 1. The smallest absolute Gasteiger partial charge is 0.258 e. The largest absolute Gasteiger partial charge is 0.352 e. The fourth-order valence-corrected chi connectivity index (χ4v) is 4.59. The van der Waals surface area contributed by atoms with Gasteiger partial charge in [-0.25, -0.2) is 4.39 Å². The fourth-order valence-electron chi connectivity index (χ4n) is 4.59. The van der Waals surface area contributed by atoms with Crippen LogP contribution in [0.2, 0.25) is 0 Å². The Bertz CT molecular complexity index is 1290.